The van der Waals surface area contributed by atoms with E-state index in [0.717, 1.165) is 0 Å². The fourth-order valence-electron chi connectivity index (χ4n) is 2.01. The third-order valence-corrected chi connectivity index (χ3v) is 4.84. The lowest BCUT2D eigenvalue weighted by Gasteiger charge is -2.30. The van der Waals surface area contributed by atoms with Crippen molar-refractivity contribution in [2.45, 2.75) is 32.8 Å². The number of methoxy groups -OCH3 is 1. The van der Waals surface area contributed by atoms with Crippen molar-refractivity contribution in [1.82, 2.24) is 9.03 Å². The van der Waals surface area contributed by atoms with E-state index >= 15 is 0 Å². The molecular formula is C12H24N2O5S. The summed E-state index contributed by atoms with van der Waals surface area (Å²) in [5.41, 5.74) is 0. The van der Waals surface area contributed by atoms with Gasteiger partial charge >= 0.3 is 5.97 Å². The summed E-state index contributed by atoms with van der Waals surface area (Å²) in [7, 11) is -2.05. The first-order chi connectivity index (χ1) is 9.40. The second kappa shape index (κ2) is 7.92. The van der Waals surface area contributed by atoms with Gasteiger partial charge in [-0.15, -0.1) is 0 Å². The summed E-state index contributed by atoms with van der Waals surface area (Å²) in [4.78, 5) is 11.7. The molecule has 0 aromatic carbocycles. The minimum absolute atomic E-state index is 0.176. The molecule has 0 saturated carbocycles. The van der Waals surface area contributed by atoms with E-state index in [9.17, 15) is 13.2 Å². The van der Waals surface area contributed by atoms with Crippen molar-refractivity contribution in [3.8, 4) is 0 Å². The van der Waals surface area contributed by atoms with E-state index in [-0.39, 0.29) is 31.1 Å². The Labute approximate surface area is 120 Å². The number of nitrogens with zero attached hydrogens (tertiary/aromatic N) is 1. The van der Waals surface area contributed by atoms with Gasteiger partial charge in [0.25, 0.3) is 10.2 Å². The number of carbonyl (C=O) groups is 1. The van der Waals surface area contributed by atoms with E-state index in [1.807, 2.05) is 0 Å². The maximum Gasteiger partial charge on any atom is 0.310 e. The molecule has 2 unspecified atom stereocenters. The lowest BCUT2D eigenvalue weighted by atomic mass is 10.0. The van der Waals surface area contributed by atoms with Gasteiger partial charge in [0.15, 0.2) is 0 Å². The Kier molecular flexibility index (Phi) is 6.87. The second-order valence-electron chi connectivity index (χ2n) is 4.85. The Morgan fingerprint density at radius 2 is 2.20 bits per heavy atom. The fraction of sp³-hybridized carbons (Fsp3) is 0.917. The predicted octanol–water partition coefficient (Wildman–Crippen LogP) is 0.131. The molecule has 0 spiro atoms. The first-order valence-corrected chi connectivity index (χ1v) is 8.28. The zero-order chi connectivity index (χ0) is 15.2. The largest absolute Gasteiger partial charge is 0.466 e. The smallest absolute Gasteiger partial charge is 0.310 e. The summed E-state index contributed by atoms with van der Waals surface area (Å²) < 4.78 is 38.0. The highest BCUT2D eigenvalue weighted by Gasteiger charge is 2.33. The Balaban J connectivity index is 2.59. The van der Waals surface area contributed by atoms with Crippen molar-refractivity contribution >= 4 is 16.2 Å². The van der Waals surface area contributed by atoms with Crippen molar-refractivity contribution in [3.05, 3.63) is 0 Å². The Bertz CT molecular complexity index is 412. The van der Waals surface area contributed by atoms with Gasteiger partial charge in [-0.1, -0.05) is 0 Å². The molecule has 0 aromatic heterocycles. The van der Waals surface area contributed by atoms with Crippen molar-refractivity contribution < 1.29 is 22.7 Å². The van der Waals surface area contributed by atoms with Crippen LogP contribution in [0.5, 0.6) is 0 Å². The van der Waals surface area contributed by atoms with Crippen LogP contribution in [0.2, 0.25) is 0 Å². The van der Waals surface area contributed by atoms with Gasteiger partial charge < -0.3 is 9.47 Å². The number of hydrogen-bond donors (Lipinski definition) is 1. The lowest BCUT2D eigenvalue weighted by molar-refractivity contribution is -0.149. The highest BCUT2D eigenvalue weighted by Crippen LogP contribution is 2.19. The monoisotopic (exact) mass is 308 g/mol. The molecule has 1 saturated heterocycles. The Hall–Kier alpha value is -0.700. The van der Waals surface area contributed by atoms with Gasteiger partial charge in [0.2, 0.25) is 0 Å². The maximum absolute atomic E-state index is 12.1. The molecule has 0 amide bonds. The average molecular weight is 308 g/mol. The number of piperidine rings is 1. The van der Waals surface area contributed by atoms with E-state index in [1.54, 1.807) is 13.8 Å². The molecule has 118 valence electrons. The van der Waals surface area contributed by atoms with Gasteiger partial charge in [-0.2, -0.15) is 17.4 Å². The number of rotatable bonds is 7. The summed E-state index contributed by atoms with van der Waals surface area (Å²) in [6.07, 6.45) is 1.12. The molecule has 0 aromatic rings. The summed E-state index contributed by atoms with van der Waals surface area (Å²) in [6.45, 7) is 4.64. The first-order valence-electron chi connectivity index (χ1n) is 6.84. The van der Waals surface area contributed by atoms with Gasteiger partial charge in [-0.05, 0) is 26.7 Å². The van der Waals surface area contributed by atoms with Crippen molar-refractivity contribution in [2.75, 3.05) is 33.4 Å². The van der Waals surface area contributed by atoms with E-state index < -0.39 is 10.2 Å². The first kappa shape index (κ1) is 17.4. The van der Waals surface area contributed by atoms with E-state index in [1.165, 1.54) is 11.4 Å². The lowest BCUT2D eigenvalue weighted by Crippen LogP contribution is -2.49. The van der Waals surface area contributed by atoms with Crippen molar-refractivity contribution in [1.29, 1.82) is 0 Å². The van der Waals surface area contributed by atoms with Crippen LogP contribution in [0.4, 0.5) is 0 Å². The normalized spacial score (nSPS) is 22.4. The van der Waals surface area contributed by atoms with E-state index in [0.29, 0.717) is 26.0 Å². The average Bonchev–Trinajstić information content (AvgIpc) is 2.45. The zero-order valence-electron chi connectivity index (χ0n) is 12.3. The zero-order valence-corrected chi connectivity index (χ0v) is 13.1. The number of ether oxygens (including phenoxy) is 2. The number of hydrogen-bond acceptors (Lipinski definition) is 5. The summed E-state index contributed by atoms with van der Waals surface area (Å²) in [6, 6.07) is 0. The second-order valence-corrected chi connectivity index (χ2v) is 6.60. The van der Waals surface area contributed by atoms with Crippen LogP contribution in [0.25, 0.3) is 0 Å². The number of esters is 1. The van der Waals surface area contributed by atoms with E-state index in [2.05, 4.69) is 4.72 Å². The van der Waals surface area contributed by atoms with Crippen LogP contribution in [0.15, 0.2) is 0 Å². The molecule has 20 heavy (non-hydrogen) atoms. The highest BCUT2D eigenvalue weighted by molar-refractivity contribution is 7.87. The molecule has 0 aliphatic carbocycles. The molecule has 1 N–H and O–H groups in total. The molecule has 1 aliphatic rings. The molecule has 1 aliphatic heterocycles. The molecular weight excluding hydrogens is 284 g/mol. The van der Waals surface area contributed by atoms with Crippen LogP contribution >= 0.6 is 0 Å². The number of nitrogens with one attached hydrogen (secondary N) is 1. The summed E-state index contributed by atoms with van der Waals surface area (Å²) >= 11 is 0. The van der Waals surface area contributed by atoms with Crippen LogP contribution in [-0.2, 0) is 24.5 Å². The summed E-state index contributed by atoms with van der Waals surface area (Å²) in [5, 5.41) is 0. The molecule has 0 radical (unpaired) electrons. The third-order valence-electron chi connectivity index (χ3n) is 3.30. The highest BCUT2D eigenvalue weighted by atomic mass is 32.2. The molecule has 7 nitrogen and oxygen atoms in total. The minimum Gasteiger partial charge on any atom is -0.466 e. The van der Waals surface area contributed by atoms with Gasteiger partial charge in [-0.25, -0.2) is 0 Å². The Morgan fingerprint density at radius 1 is 1.50 bits per heavy atom. The molecule has 1 heterocycles. The van der Waals surface area contributed by atoms with Crippen LogP contribution in [-0.4, -0.2) is 58.1 Å². The van der Waals surface area contributed by atoms with Gasteiger partial charge in [0.05, 0.1) is 18.6 Å². The topological polar surface area (TPSA) is 84.9 Å². The number of carbonyl (C=O) groups excluding carboxylic acids is 1. The maximum atomic E-state index is 12.1. The molecule has 8 heteroatoms. The van der Waals surface area contributed by atoms with Crippen LogP contribution in [0, 0.1) is 5.92 Å². The van der Waals surface area contributed by atoms with Gasteiger partial charge in [0, 0.05) is 26.7 Å². The van der Waals surface area contributed by atoms with Crippen molar-refractivity contribution in [2.24, 2.45) is 5.92 Å². The SMILES string of the molecule is CCOC(=O)C1CCCN(S(=O)(=O)NCC(C)OC)C1. The molecule has 1 fully saturated rings. The van der Waals surface area contributed by atoms with Gasteiger partial charge in [-0.3, -0.25) is 4.79 Å². The molecule has 1 rings (SSSR count). The summed E-state index contributed by atoms with van der Waals surface area (Å²) in [5.74, 6) is -0.696. The standard InChI is InChI=1S/C12H24N2O5S/c1-4-19-12(15)11-6-5-7-14(9-11)20(16,17)13-8-10(2)18-3/h10-11,13H,4-9H2,1-3H3. The van der Waals surface area contributed by atoms with E-state index in [4.69, 9.17) is 9.47 Å². The molecule has 0 bridgehead atoms. The van der Waals surface area contributed by atoms with Gasteiger partial charge in [0.1, 0.15) is 0 Å². The minimum atomic E-state index is -3.57. The van der Waals surface area contributed by atoms with Crippen LogP contribution in [0.1, 0.15) is 26.7 Å². The fourth-order valence-corrected chi connectivity index (χ4v) is 3.38. The van der Waals surface area contributed by atoms with Crippen LogP contribution in [0.3, 0.4) is 0 Å². The third kappa shape index (κ3) is 5.01. The van der Waals surface area contributed by atoms with Crippen molar-refractivity contribution in [3.63, 3.8) is 0 Å². The molecule has 2 atom stereocenters. The predicted molar refractivity (Wildman–Crippen MR) is 74.3 cm³/mol. The Morgan fingerprint density at radius 3 is 2.80 bits per heavy atom. The quantitative estimate of drug-likeness (QED) is 0.676. The van der Waals surface area contributed by atoms with Crippen LogP contribution < -0.4 is 4.72 Å².